The molecule has 0 bridgehead atoms. The molecule has 24 heavy (non-hydrogen) atoms. The van der Waals surface area contributed by atoms with Crippen LogP contribution in [0.3, 0.4) is 0 Å². The van der Waals surface area contributed by atoms with Crippen molar-refractivity contribution >= 4 is 11.2 Å². The summed E-state index contributed by atoms with van der Waals surface area (Å²) in [6.45, 7) is 2.61. The average Bonchev–Trinajstić information content (AvgIpc) is 3.25. The number of ether oxygens (including phenoxy) is 1. The Morgan fingerprint density at radius 2 is 2.21 bits per heavy atom. The fourth-order valence-corrected chi connectivity index (χ4v) is 3.39. The molecule has 124 valence electrons. The molecular weight excluding hydrogens is 300 g/mol. The number of hydrogen-bond acceptors (Lipinski definition) is 4. The molecule has 1 aromatic carbocycles. The largest absolute Gasteiger partial charge is 0.381 e. The van der Waals surface area contributed by atoms with Gasteiger partial charge in [0.1, 0.15) is 5.52 Å². The lowest BCUT2D eigenvalue weighted by molar-refractivity contribution is 0.193. The number of rotatable bonds is 4. The van der Waals surface area contributed by atoms with E-state index < -0.39 is 0 Å². The summed E-state index contributed by atoms with van der Waals surface area (Å²) in [7, 11) is 4.21. The average molecular weight is 322 g/mol. The van der Waals surface area contributed by atoms with Crippen molar-refractivity contribution in [2.45, 2.75) is 18.9 Å². The minimum absolute atomic E-state index is 0.507. The standard InChI is InChI=1S/C19H22N4O/c1-23(2)11-15-9-13(3-4-16(15)14-6-8-24-12-14)18-10-21-19-17(22-18)5-7-20-19/h3-5,7,9-10,14H,6,8,11-12H2,1-2H3,(H,20,21). The van der Waals surface area contributed by atoms with Crippen LogP contribution in [0.2, 0.25) is 0 Å². The SMILES string of the molecule is CN(C)Cc1cc(-c2cnc3[nH]ccc3n2)ccc1C1CCOC1. The molecule has 1 aliphatic rings. The molecule has 0 aliphatic carbocycles. The van der Waals surface area contributed by atoms with Crippen LogP contribution >= 0.6 is 0 Å². The van der Waals surface area contributed by atoms with E-state index in [2.05, 4.69) is 47.2 Å². The molecule has 1 aliphatic heterocycles. The number of nitrogens with zero attached hydrogens (tertiary/aromatic N) is 3. The summed E-state index contributed by atoms with van der Waals surface area (Å²) >= 11 is 0. The summed E-state index contributed by atoms with van der Waals surface area (Å²) < 4.78 is 5.59. The predicted octanol–water partition coefficient (Wildman–Crippen LogP) is 3.19. The van der Waals surface area contributed by atoms with E-state index in [9.17, 15) is 0 Å². The predicted molar refractivity (Wildman–Crippen MR) is 94.9 cm³/mol. The molecule has 1 saturated heterocycles. The topological polar surface area (TPSA) is 54.0 Å². The summed E-state index contributed by atoms with van der Waals surface area (Å²) in [5.41, 5.74) is 6.51. The number of hydrogen-bond donors (Lipinski definition) is 1. The van der Waals surface area contributed by atoms with Gasteiger partial charge in [-0.15, -0.1) is 0 Å². The van der Waals surface area contributed by atoms with Gasteiger partial charge in [-0.1, -0.05) is 12.1 Å². The molecule has 3 aromatic rings. The molecule has 1 atom stereocenters. The van der Waals surface area contributed by atoms with Crippen LogP contribution in [0.4, 0.5) is 0 Å². The van der Waals surface area contributed by atoms with Gasteiger partial charge < -0.3 is 14.6 Å². The van der Waals surface area contributed by atoms with Crippen LogP contribution < -0.4 is 0 Å². The van der Waals surface area contributed by atoms with Crippen LogP contribution in [0, 0.1) is 0 Å². The number of benzene rings is 1. The van der Waals surface area contributed by atoms with Gasteiger partial charge in [0, 0.05) is 30.8 Å². The van der Waals surface area contributed by atoms with Crippen molar-refractivity contribution in [3.05, 3.63) is 47.8 Å². The summed E-state index contributed by atoms with van der Waals surface area (Å²) in [6.07, 6.45) is 4.82. The van der Waals surface area contributed by atoms with Gasteiger partial charge in [0.05, 0.1) is 18.5 Å². The number of aromatic amines is 1. The molecule has 0 spiro atoms. The highest BCUT2D eigenvalue weighted by Crippen LogP contribution is 2.31. The van der Waals surface area contributed by atoms with Gasteiger partial charge in [-0.3, -0.25) is 0 Å². The quantitative estimate of drug-likeness (QED) is 0.801. The molecular formula is C19H22N4O. The van der Waals surface area contributed by atoms with Crippen LogP contribution in [0.15, 0.2) is 36.7 Å². The van der Waals surface area contributed by atoms with Crippen molar-refractivity contribution in [1.29, 1.82) is 0 Å². The Kier molecular flexibility index (Phi) is 4.04. The Hall–Kier alpha value is -2.24. The Morgan fingerprint density at radius 1 is 1.29 bits per heavy atom. The van der Waals surface area contributed by atoms with Crippen molar-refractivity contribution in [3.63, 3.8) is 0 Å². The third-order valence-corrected chi connectivity index (χ3v) is 4.56. The second-order valence-corrected chi connectivity index (χ2v) is 6.68. The van der Waals surface area contributed by atoms with Gasteiger partial charge in [0.2, 0.25) is 0 Å². The summed E-state index contributed by atoms with van der Waals surface area (Å²) in [4.78, 5) is 14.5. The van der Waals surface area contributed by atoms with Crippen molar-refractivity contribution in [1.82, 2.24) is 19.9 Å². The zero-order valence-electron chi connectivity index (χ0n) is 14.1. The van der Waals surface area contributed by atoms with Gasteiger partial charge in [-0.2, -0.15) is 0 Å². The first-order valence-corrected chi connectivity index (χ1v) is 8.36. The van der Waals surface area contributed by atoms with Gasteiger partial charge >= 0.3 is 0 Å². The molecule has 5 heteroatoms. The van der Waals surface area contributed by atoms with Crippen LogP contribution in [-0.4, -0.2) is 47.2 Å². The highest BCUT2D eigenvalue weighted by molar-refractivity contribution is 5.74. The Balaban J connectivity index is 1.75. The number of nitrogens with one attached hydrogen (secondary N) is 1. The lowest BCUT2D eigenvalue weighted by Crippen LogP contribution is -2.14. The maximum Gasteiger partial charge on any atom is 0.156 e. The summed E-state index contributed by atoms with van der Waals surface area (Å²) in [6, 6.07) is 8.62. The van der Waals surface area contributed by atoms with Crippen LogP contribution in [0.1, 0.15) is 23.5 Å². The van der Waals surface area contributed by atoms with Crippen molar-refractivity contribution < 1.29 is 4.74 Å². The van der Waals surface area contributed by atoms with E-state index >= 15 is 0 Å². The molecule has 0 amide bonds. The first kappa shape index (κ1) is 15.3. The van der Waals surface area contributed by atoms with Crippen LogP contribution in [0.25, 0.3) is 22.4 Å². The van der Waals surface area contributed by atoms with E-state index in [4.69, 9.17) is 9.72 Å². The van der Waals surface area contributed by atoms with E-state index in [1.165, 1.54) is 11.1 Å². The second kappa shape index (κ2) is 6.34. The fraction of sp³-hybridized carbons (Fsp3) is 0.368. The third kappa shape index (κ3) is 2.92. The lowest BCUT2D eigenvalue weighted by atomic mass is 9.91. The van der Waals surface area contributed by atoms with Crippen molar-refractivity contribution in [3.8, 4) is 11.3 Å². The van der Waals surface area contributed by atoms with Gasteiger partial charge in [0.25, 0.3) is 0 Å². The maximum atomic E-state index is 5.59. The minimum Gasteiger partial charge on any atom is -0.381 e. The van der Waals surface area contributed by atoms with Crippen LogP contribution in [-0.2, 0) is 11.3 Å². The number of fused-ring (bicyclic) bond motifs is 1. The van der Waals surface area contributed by atoms with E-state index in [-0.39, 0.29) is 0 Å². The Labute approximate surface area is 141 Å². The van der Waals surface area contributed by atoms with E-state index in [1.807, 2.05) is 18.5 Å². The Morgan fingerprint density at radius 3 is 3.00 bits per heavy atom. The van der Waals surface area contributed by atoms with Gasteiger partial charge in [-0.05, 0) is 43.8 Å². The molecule has 3 heterocycles. The zero-order chi connectivity index (χ0) is 16.5. The first-order valence-electron chi connectivity index (χ1n) is 8.36. The smallest absolute Gasteiger partial charge is 0.156 e. The van der Waals surface area contributed by atoms with Crippen molar-refractivity contribution in [2.75, 3.05) is 27.3 Å². The second-order valence-electron chi connectivity index (χ2n) is 6.68. The normalized spacial score (nSPS) is 17.9. The molecule has 1 unspecified atom stereocenters. The van der Waals surface area contributed by atoms with Gasteiger partial charge in [-0.25, -0.2) is 9.97 Å². The van der Waals surface area contributed by atoms with Gasteiger partial charge in [0.15, 0.2) is 5.65 Å². The van der Waals surface area contributed by atoms with E-state index in [0.29, 0.717) is 5.92 Å². The summed E-state index contributed by atoms with van der Waals surface area (Å²) in [5.74, 6) is 0.507. The molecule has 0 radical (unpaired) electrons. The minimum atomic E-state index is 0.507. The monoisotopic (exact) mass is 322 g/mol. The highest BCUT2D eigenvalue weighted by Gasteiger charge is 2.21. The molecule has 0 saturated carbocycles. The summed E-state index contributed by atoms with van der Waals surface area (Å²) in [5, 5.41) is 0. The molecule has 2 aromatic heterocycles. The number of aromatic nitrogens is 3. The molecule has 5 nitrogen and oxygen atoms in total. The first-order chi connectivity index (χ1) is 11.7. The van der Waals surface area contributed by atoms with Crippen LogP contribution in [0.5, 0.6) is 0 Å². The molecule has 4 rings (SSSR count). The maximum absolute atomic E-state index is 5.59. The third-order valence-electron chi connectivity index (χ3n) is 4.56. The lowest BCUT2D eigenvalue weighted by Gasteiger charge is -2.19. The Bertz CT molecular complexity index is 849. The van der Waals surface area contributed by atoms with Crippen molar-refractivity contribution in [2.24, 2.45) is 0 Å². The molecule has 1 N–H and O–H groups in total. The fourth-order valence-electron chi connectivity index (χ4n) is 3.39. The zero-order valence-corrected chi connectivity index (χ0v) is 14.1. The highest BCUT2D eigenvalue weighted by atomic mass is 16.5. The molecule has 1 fully saturated rings. The van der Waals surface area contributed by atoms with E-state index in [0.717, 1.165) is 48.6 Å². The van der Waals surface area contributed by atoms with E-state index in [1.54, 1.807) is 0 Å². The number of H-pyrrole nitrogens is 1.